The van der Waals surface area contributed by atoms with Crippen LogP contribution in [-0.2, 0) is 4.79 Å². The molecular weight excluding hydrogens is 279 g/mol. The quantitative estimate of drug-likeness (QED) is 0.792. The molecule has 1 amide bonds. The predicted octanol–water partition coefficient (Wildman–Crippen LogP) is 3.63. The van der Waals surface area contributed by atoms with Crippen LogP contribution in [-0.4, -0.2) is 23.5 Å². The Hall–Kier alpha value is -0.450. The lowest BCUT2D eigenvalue weighted by molar-refractivity contribution is -0.184. The van der Waals surface area contributed by atoms with E-state index in [1.807, 2.05) is 0 Å². The summed E-state index contributed by atoms with van der Waals surface area (Å²) in [5.41, 5.74) is -0.292. The van der Waals surface area contributed by atoms with Gasteiger partial charge in [0.15, 0.2) is 0 Å². The first-order valence-corrected chi connectivity index (χ1v) is 7.34. The first kappa shape index (κ1) is 14.9. The standard InChI is InChI=1S/C13H19ClF3NO/c14-8-12(6-1-7-12)18-11(19)9-2-4-10(5-3-9)13(15,16)17/h9-10H,1-8H2,(H,18,19). The molecule has 2 aliphatic rings. The largest absolute Gasteiger partial charge is 0.391 e. The van der Waals surface area contributed by atoms with E-state index in [-0.39, 0.29) is 30.2 Å². The molecule has 0 saturated heterocycles. The molecule has 0 radical (unpaired) electrons. The van der Waals surface area contributed by atoms with Crippen molar-refractivity contribution in [2.75, 3.05) is 5.88 Å². The van der Waals surface area contributed by atoms with E-state index in [4.69, 9.17) is 11.6 Å². The first-order valence-electron chi connectivity index (χ1n) is 6.81. The number of carbonyl (C=O) groups excluding carboxylic acids is 1. The lowest BCUT2D eigenvalue weighted by Gasteiger charge is -2.42. The number of alkyl halides is 4. The van der Waals surface area contributed by atoms with Gasteiger partial charge in [0.2, 0.25) is 5.91 Å². The second-order valence-electron chi connectivity index (χ2n) is 5.85. The van der Waals surface area contributed by atoms with Crippen LogP contribution in [0.2, 0.25) is 0 Å². The Kier molecular flexibility index (Phi) is 4.33. The molecule has 2 aliphatic carbocycles. The normalized spacial score (nSPS) is 30.5. The molecule has 0 aromatic heterocycles. The zero-order chi connectivity index (χ0) is 14.1. The van der Waals surface area contributed by atoms with Crippen LogP contribution >= 0.6 is 11.6 Å². The predicted molar refractivity (Wildman–Crippen MR) is 66.9 cm³/mol. The highest BCUT2D eigenvalue weighted by molar-refractivity contribution is 6.18. The summed E-state index contributed by atoms with van der Waals surface area (Å²) < 4.78 is 37.6. The molecule has 0 aliphatic heterocycles. The number of amides is 1. The van der Waals surface area contributed by atoms with Crippen LogP contribution in [0.3, 0.4) is 0 Å². The summed E-state index contributed by atoms with van der Waals surface area (Å²) in [6.07, 6.45) is -0.533. The zero-order valence-electron chi connectivity index (χ0n) is 10.7. The van der Waals surface area contributed by atoms with Crippen molar-refractivity contribution in [2.45, 2.75) is 56.7 Å². The molecule has 1 N–H and O–H groups in total. The van der Waals surface area contributed by atoms with Crippen molar-refractivity contribution in [1.29, 1.82) is 0 Å². The van der Waals surface area contributed by atoms with Crippen LogP contribution in [0.25, 0.3) is 0 Å². The van der Waals surface area contributed by atoms with Crippen LogP contribution in [0.15, 0.2) is 0 Å². The summed E-state index contributed by atoms with van der Waals surface area (Å²) in [4.78, 5) is 12.1. The number of hydrogen-bond donors (Lipinski definition) is 1. The third-order valence-electron chi connectivity index (χ3n) is 4.52. The van der Waals surface area contributed by atoms with Gasteiger partial charge >= 0.3 is 6.18 Å². The topological polar surface area (TPSA) is 29.1 Å². The van der Waals surface area contributed by atoms with Gasteiger partial charge in [0, 0.05) is 11.8 Å². The summed E-state index contributed by atoms with van der Waals surface area (Å²) in [6, 6.07) is 0. The van der Waals surface area contributed by atoms with E-state index in [2.05, 4.69) is 5.32 Å². The van der Waals surface area contributed by atoms with Crippen molar-refractivity contribution in [3.8, 4) is 0 Å². The zero-order valence-corrected chi connectivity index (χ0v) is 11.5. The van der Waals surface area contributed by atoms with Crippen molar-refractivity contribution < 1.29 is 18.0 Å². The highest BCUT2D eigenvalue weighted by Gasteiger charge is 2.44. The van der Waals surface area contributed by atoms with Gasteiger partial charge in [-0.1, -0.05) is 0 Å². The molecule has 0 atom stereocenters. The second kappa shape index (κ2) is 5.51. The first-order chi connectivity index (χ1) is 8.86. The molecule has 0 bridgehead atoms. The third-order valence-corrected chi connectivity index (χ3v) is 5.03. The van der Waals surface area contributed by atoms with Crippen LogP contribution in [0.5, 0.6) is 0 Å². The summed E-state index contributed by atoms with van der Waals surface area (Å²) >= 11 is 5.86. The molecule has 2 nitrogen and oxygen atoms in total. The van der Waals surface area contributed by atoms with Gasteiger partial charge in [-0.05, 0) is 44.9 Å². The Morgan fingerprint density at radius 1 is 1.21 bits per heavy atom. The molecule has 6 heteroatoms. The summed E-state index contributed by atoms with van der Waals surface area (Å²) in [6.45, 7) is 0. The van der Waals surface area contributed by atoms with Gasteiger partial charge in [-0.25, -0.2) is 0 Å². The van der Waals surface area contributed by atoms with Gasteiger partial charge in [-0.2, -0.15) is 13.2 Å². The van der Waals surface area contributed by atoms with Crippen molar-refractivity contribution in [2.24, 2.45) is 11.8 Å². The highest BCUT2D eigenvalue weighted by atomic mass is 35.5. The van der Waals surface area contributed by atoms with Gasteiger partial charge in [-0.15, -0.1) is 11.6 Å². The fourth-order valence-corrected chi connectivity index (χ4v) is 3.28. The number of rotatable bonds is 3. The molecule has 2 fully saturated rings. The van der Waals surface area contributed by atoms with Crippen LogP contribution < -0.4 is 5.32 Å². The van der Waals surface area contributed by atoms with Crippen molar-refractivity contribution >= 4 is 17.5 Å². The molecule has 0 spiro atoms. The molecule has 0 aromatic carbocycles. The minimum atomic E-state index is -4.12. The highest BCUT2D eigenvalue weighted by Crippen LogP contribution is 2.40. The molecular formula is C13H19ClF3NO. The monoisotopic (exact) mass is 297 g/mol. The average molecular weight is 298 g/mol. The van der Waals surface area contributed by atoms with E-state index in [0.717, 1.165) is 19.3 Å². The maximum atomic E-state index is 12.5. The van der Waals surface area contributed by atoms with Crippen LogP contribution in [0.4, 0.5) is 13.2 Å². The lowest BCUT2D eigenvalue weighted by atomic mass is 9.76. The average Bonchev–Trinajstić information content (AvgIpc) is 2.32. The molecule has 110 valence electrons. The fourth-order valence-electron chi connectivity index (χ4n) is 2.94. The number of halogens is 4. The Morgan fingerprint density at radius 2 is 1.79 bits per heavy atom. The smallest absolute Gasteiger partial charge is 0.349 e. The van der Waals surface area contributed by atoms with Gasteiger partial charge in [0.25, 0.3) is 0 Å². The second-order valence-corrected chi connectivity index (χ2v) is 6.11. The Balaban J connectivity index is 1.83. The van der Waals surface area contributed by atoms with Crippen molar-refractivity contribution in [3.05, 3.63) is 0 Å². The van der Waals surface area contributed by atoms with Gasteiger partial charge in [-0.3, -0.25) is 4.79 Å². The third kappa shape index (κ3) is 3.36. The maximum Gasteiger partial charge on any atom is 0.391 e. The van der Waals surface area contributed by atoms with E-state index in [9.17, 15) is 18.0 Å². The molecule has 19 heavy (non-hydrogen) atoms. The summed E-state index contributed by atoms with van der Waals surface area (Å²) in [5.74, 6) is -1.24. The van der Waals surface area contributed by atoms with Crippen LogP contribution in [0.1, 0.15) is 44.9 Å². The number of carbonyl (C=O) groups is 1. The van der Waals surface area contributed by atoms with E-state index in [0.29, 0.717) is 18.7 Å². The Labute approximate surface area is 116 Å². The summed E-state index contributed by atoms with van der Waals surface area (Å²) in [7, 11) is 0. The molecule has 0 unspecified atom stereocenters. The van der Waals surface area contributed by atoms with Gasteiger partial charge in [0.1, 0.15) is 0 Å². The molecule has 0 heterocycles. The van der Waals surface area contributed by atoms with E-state index < -0.39 is 12.1 Å². The molecule has 0 aromatic rings. The van der Waals surface area contributed by atoms with E-state index in [1.54, 1.807) is 0 Å². The minimum absolute atomic E-state index is 0.0649. The number of nitrogens with one attached hydrogen (secondary N) is 1. The summed E-state index contributed by atoms with van der Waals surface area (Å²) in [5, 5.41) is 2.95. The van der Waals surface area contributed by atoms with E-state index >= 15 is 0 Å². The van der Waals surface area contributed by atoms with E-state index in [1.165, 1.54) is 0 Å². The SMILES string of the molecule is O=C(NC1(CCl)CCC1)C1CCC(C(F)(F)F)CC1. The molecule has 2 saturated carbocycles. The van der Waals surface area contributed by atoms with Crippen molar-refractivity contribution in [1.82, 2.24) is 5.32 Å². The Morgan fingerprint density at radius 3 is 2.16 bits per heavy atom. The fraction of sp³-hybridized carbons (Fsp3) is 0.923. The molecule has 2 rings (SSSR count). The Bertz CT molecular complexity index is 328. The van der Waals surface area contributed by atoms with Gasteiger partial charge in [0.05, 0.1) is 11.5 Å². The van der Waals surface area contributed by atoms with Gasteiger partial charge < -0.3 is 5.32 Å². The minimum Gasteiger partial charge on any atom is -0.349 e. The number of hydrogen-bond acceptors (Lipinski definition) is 1. The van der Waals surface area contributed by atoms with Crippen molar-refractivity contribution in [3.63, 3.8) is 0 Å². The lowest BCUT2D eigenvalue weighted by Crippen LogP contribution is -2.56. The van der Waals surface area contributed by atoms with Crippen LogP contribution in [0, 0.1) is 11.8 Å². The maximum absolute atomic E-state index is 12.5.